The van der Waals surface area contributed by atoms with Crippen molar-refractivity contribution in [3.63, 3.8) is 0 Å². The number of urea groups is 1. The molecule has 4 rings (SSSR count). The van der Waals surface area contributed by atoms with Crippen LogP contribution in [-0.2, 0) is 11.3 Å². The summed E-state index contributed by atoms with van der Waals surface area (Å²) in [6.45, 7) is 3.64. The topological polar surface area (TPSA) is 90.5 Å². The number of thiazole rings is 1. The highest BCUT2D eigenvalue weighted by Gasteiger charge is 2.28. The number of carbonyl (C=O) groups is 2. The number of piperidine rings is 1. The molecule has 3 amide bonds. The van der Waals surface area contributed by atoms with Crippen LogP contribution in [0.4, 0.5) is 15.7 Å². The summed E-state index contributed by atoms with van der Waals surface area (Å²) >= 11 is 1.39. The largest absolute Gasteiger partial charge is 0.357 e. The molecule has 0 aliphatic carbocycles. The van der Waals surface area contributed by atoms with Gasteiger partial charge in [-0.1, -0.05) is 0 Å². The molecule has 2 aliphatic rings. The average Bonchev–Trinajstić information content (AvgIpc) is 3.47. The minimum atomic E-state index is -0.207. The normalized spacial score (nSPS) is 19.2. The predicted molar refractivity (Wildman–Crippen MR) is 113 cm³/mol. The first-order valence-electron chi connectivity index (χ1n) is 10.1. The van der Waals surface area contributed by atoms with Crippen LogP contribution in [0.15, 0.2) is 29.9 Å². The van der Waals surface area contributed by atoms with E-state index in [1.165, 1.54) is 24.2 Å². The Morgan fingerprint density at radius 2 is 2.00 bits per heavy atom. The van der Waals surface area contributed by atoms with Crippen molar-refractivity contribution in [3.8, 4) is 0 Å². The molecule has 0 aromatic carbocycles. The van der Waals surface area contributed by atoms with Crippen LogP contribution in [0, 0.1) is 5.92 Å². The van der Waals surface area contributed by atoms with Crippen molar-refractivity contribution in [1.82, 2.24) is 20.2 Å². The lowest BCUT2D eigenvalue weighted by Crippen LogP contribution is -2.47. The van der Waals surface area contributed by atoms with Crippen molar-refractivity contribution >= 4 is 34.2 Å². The summed E-state index contributed by atoms with van der Waals surface area (Å²) in [6.07, 6.45) is 7.47. The molecule has 0 bridgehead atoms. The first kappa shape index (κ1) is 19.6. The zero-order valence-corrected chi connectivity index (χ0v) is 17.2. The summed E-state index contributed by atoms with van der Waals surface area (Å²) in [4.78, 5) is 37.7. The van der Waals surface area contributed by atoms with E-state index in [1.807, 2.05) is 17.5 Å². The maximum Gasteiger partial charge on any atom is 0.317 e. The van der Waals surface area contributed by atoms with Gasteiger partial charge in [0.2, 0.25) is 5.91 Å². The van der Waals surface area contributed by atoms with Crippen LogP contribution in [-0.4, -0.2) is 53.0 Å². The predicted octanol–water partition coefficient (Wildman–Crippen LogP) is 2.70. The van der Waals surface area contributed by atoms with Gasteiger partial charge in [0.15, 0.2) is 5.13 Å². The highest BCUT2D eigenvalue weighted by Crippen LogP contribution is 2.21. The molecule has 29 heavy (non-hydrogen) atoms. The molecule has 154 valence electrons. The Morgan fingerprint density at radius 1 is 1.14 bits per heavy atom. The molecule has 2 aromatic rings. The SMILES string of the molecule is O=C(Nc1nccs1)C1CCCN(C(=O)NCc2ccnc(N3CCCC3)c2)C1. The van der Waals surface area contributed by atoms with E-state index in [9.17, 15) is 9.59 Å². The van der Waals surface area contributed by atoms with Gasteiger partial charge in [0, 0.05) is 50.5 Å². The Hall–Kier alpha value is -2.68. The van der Waals surface area contributed by atoms with E-state index in [2.05, 4.69) is 25.5 Å². The molecular weight excluding hydrogens is 388 g/mol. The van der Waals surface area contributed by atoms with Gasteiger partial charge < -0.3 is 20.4 Å². The molecular formula is C20H26N6O2S. The van der Waals surface area contributed by atoms with Crippen molar-refractivity contribution in [2.75, 3.05) is 36.4 Å². The van der Waals surface area contributed by atoms with Crippen LogP contribution in [0.2, 0.25) is 0 Å². The summed E-state index contributed by atoms with van der Waals surface area (Å²) in [5, 5.41) is 8.25. The number of hydrogen-bond donors (Lipinski definition) is 2. The van der Waals surface area contributed by atoms with Gasteiger partial charge in [-0.15, -0.1) is 11.3 Å². The van der Waals surface area contributed by atoms with Crippen molar-refractivity contribution in [2.24, 2.45) is 5.92 Å². The fourth-order valence-electron chi connectivity index (χ4n) is 3.85. The number of nitrogens with one attached hydrogen (secondary N) is 2. The van der Waals surface area contributed by atoms with Gasteiger partial charge in [-0.05, 0) is 43.4 Å². The summed E-state index contributed by atoms with van der Waals surface area (Å²) in [7, 11) is 0. The Bertz CT molecular complexity index is 837. The van der Waals surface area contributed by atoms with Gasteiger partial charge >= 0.3 is 6.03 Å². The monoisotopic (exact) mass is 414 g/mol. The van der Waals surface area contributed by atoms with Crippen molar-refractivity contribution in [3.05, 3.63) is 35.5 Å². The van der Waals surface area contributed by atoms with Crippen LogP contribution in [0.5, 0.6) is 0 Å². The van der Waals surface area contributed by atoms with Crippen molar-refractivity contribution in [1.29, 1.82) is 0 Å². The second-order valence-electron chi connectivity index (χ2n) is 7.49. The minimum Gasteiger partial charge on any atom is -0.357 e. The summed E-state index contributed by atoms with van der Waals surface area (Å²) in [5.74, 6) is 0.703. The standard InChI is InChI=1S/C20H26N6O2S/c27-18(24-19-22-7-11-29-19)16-4-3-10-26(14-16)20(28)23-13-15-5-6-21-17(12-15)25-8-1-2-9-25/h5-7,11-12,16H,1-4,8-10,13-14H2,(H,23,28)(H,22,24,27). The van der Waals surface area contributed by atoms with Crippen LogP contribution < -0.4 is 15.5 Å². The fourth-order valence-corrected chi connectivity index (χ4v) is 4.38. The van der Waals surface area contributed by atoms with E-state index in [0.717, 1.165) is 37.3 Å². The smallest absolute Gasteiger partial charge is 0.317 e. The van der Waals surface area contributed by atoms with Crippen LogP contribution >= 0.6 is 11.3 Å². The summed E-state index contributed by atoms with van der Waals surface area (Å²) in [6, 6.07) is 3.85. The number of nitrogens with zero attached hydrogens (tertiary/aromatic N) is 4. The highest BCUT2D eigenvalue weighted by atomic mass is 32.1. The van der Waals surface area contributed by atoms with E-state index in [4.69, 9.17) is 0 Å². The number of anilines is 2. The van der Waals surface area contributed by atoms with Crippen molar-refractivity contribution < 1.29 is 9.59 Å². The molecule has 2 N–H and O–H groups in total. The van der Waals surface area contributed by atoms with Crippen molar-refractivity contribution in [2.45, 2.75) is 32.2 Å². The van der Waals surface area contributed by atoms with E-state index in [0.29, 0.717) is 24.8 Å². The maximum atomic E-state index is 12.6. The van der Waals surface area contributed by atoms with Gasteiger partial charge in [0.25, 0.3) is 0 Å². The first-order chi connectivity index (χ1) is 14.2. The number of amides is 3. The van der Waals surface area contributed by atoms with Gasteiger partial charge in [-0.3, -0.25) is 4.79 Å². The lowest BCUT2D eigenvalue weighted by Gasteiger charge is -2.32. The third kappa shape index (κ3) is 5.03. The zero-order valence-electron chi connectivity index (χ0n) is 16.3. The molecule has 1 unspecified atom stereocenters. The Balaban J connectivity index is 1.29. The second-order valence-corrected chi connectivity index (χ2v) is 8.38. The van der Waals surface area contributed by atoms with Crippen LogP contribution in [0.25, 0.3) is 0 Å². The van der Waals surface area contributed by atoms with Gasteiger partial charge in [-0.25, -0.2) is 14.8 Å². The van der Waals surface area contributed by atoms with E-state index < -0.39 is 0 Å². The number of carbonyl (C=O) groups excluding carboxylic acids is 2. The maximum absolute atomic E-state index is 12.6. The zero-order chi connectivity index (χ0) is 20.1. The summed E-state index contributed by atoms with van der Waals surface area (Å²) < 4.78 is 0. The molecule has 8 nitrogen and oxygen atoms in total. The van der Waals surface area contributed by atoms with E-state index >= 15 is 0 Å². The quantitative estimate of drug-likeness (QED) is 0.785. The molecule has 0 saturated carbocycles. The molecule has 0 radical (unpaired) electrons. The van der Waals surface area contributed by atoms with E-state index in [-0.39, 0.29) is 17.9 Å². The summed E-state index contributed by atoms with van der Waals surface area (Å²) in [5.41, 5.74) is 1.03. The van der Waals surface area contributed by atoms with Gasteiger partial charge in [-0.2, -0.15) is 0 Å². The van der Waals surface area contributed by atoms with E-state index in [1.54, 1.807) is 17.3 Å². The van der Waals surface area contributed by atoms with Gasteiger partial charge in [0.05, 0.1) is 5.92 Å². The van der Waals surface area contributed by atoms with Crippen LogP contribution in [0.1, 0.15) is 31.2 Å². The lowest BCUT2D eigenvalue weighted by atomic mass is 9.97. The Morgan fingerprint density at radius 3 is 2.79 bits per heavy atom. The lowest BCUT2D eigenvalue weighted by molar-refractivity contribution is -0.121. The molecule has 0 spiro atoms. The molecule has 2 fully saturated rings. The highest BCUT2D eigenvalue weighted by molar-refractivity contribution is 7.13. The molecule has 4 heterocycles. The number of pyridine rings is 1. The second kappa shape index (κ2) is 9.21. The Kier molecular flexibility index (Phi) is 6.24. The number of hydrogen-bond acceptors (Lipinski definition) is 6. The average molecular weight is 415 g/mol. The Labute approximate surface area is 174 Å². The van der Waals surface area contributed by atoms with Gasteiger partial charge in [0.1, 0.15) is 5.82 Å². The minimum absolute atomic E-state index is 0.0677. The molecule has 9 heteroatoms. The molecule has 2 aliphatic heterocycles. The number of aromatic nitrogens is 2. The first-order valence-corrected chi connectivity index (χ1v) is 11.0. The fraction of sp³-hybridized carbons (Fsp3) is 0.500. The number of likely N-dealkylation sites (tertiary alicyclic amines) is 1. The molecule has 2 saturated heterocycles. The third-order valence-corrected chi connectivity index (χ3v) is 6.11. The number of rotatable bonds is 5. The third-order valence-electron chi connectivity index (χ3n) is 5.43. The van der Waals surface area contributed by atoms with Crippen LogP contribution in [0.3, 0.4) is 0 Å². The molecule has 2 aromatic heterocycles. The molecule has 1 atom stereocenters.